The first-order valence-corrected chi connectivity index (χ1v) is 38.3. The molecule has 2 fully saturated rings. The maximum atomic E-state index is 15.6. The fourth-order valence-electron chi connectivity index (χ4n) is 13.4. The lowest BCUT2D eigenvalue weighted by Crippen LogP contribution is -2.64. The Morgan fingerprint density at radius 3 is 1.42 bits per heavy atom. The lowest BCUT2D eigenvalue weighted by molar-refractivity contribution is -0.157. The van der Waals surface area contributed by atoms with E-state index in [4.69, 9.17) is 0 Å². The number of aliphatic hydroxyl groups is 2. The molecule has 2 rings (SSSR count). The highest BCUT2D eigenvalue weighted by Gasteiger charge is 2.47. The van der Waals surface area contributed by atoms with Gasteiger partial charge in [-0.25, -0.2) is 0 Å². The predicted molar refractivity (Wildman–Crippen MR) is 403 cm³/mol. The zero-order chi connectivity index (χ0) is 78.5. The number of hydrogen-bond donors (Lipinski definition) is 6. The first kappa shape index (κ1) is 92.2. The molecule has 0 aromatic heterocycles. The standard InChI is InChI=1S/C75H137N13O13S/c1-28-30-32-50(13)62(89)61-66(93)78-53(29-2)68(95)84(25)58(43-102-38-31-33-87-34-36-88(37-35-87)44-74(16,17)18)71(98)83(24)57(42-75(19,20)101)65(92)79-59(48(9)10)72(99)80(21)54(39-45(3)4)64(91)76-51(14)63(90)77-52(15)67(94)81(22)55(40-46(5)6)69(96)82(23)56(41-47(7)8)70(97)85(26)60(49(11)12)73(100)86(61)27/h28,30,45-62,89,101H,29,31-44H2,1-27H3,(H,76,91)(H,77,90)(H,78,93)(H,79,92)/t50-,51+,52-,53+,54+,55+,56+,57+,58-,59+,60+,61+,62-/m1/s1. The van der Waals surface area contributed by atoms with E-state index < -0.39 is 161 Å². The van der Waals surface area contributed by atoms with Gasteiger partial charge in [0.1, 0.15) is 66.5 Å². The van der Waals surface area contributed by atoms with Crippen LogP contribution in [0.15, 0.2) is 12.2 Å². The largest absolute Gasteiger partial charge is 0.390 e. The molecular weight excluding hydrogens is 1320 g/mol. The number of aliphatic hydroxyl groups excluding tert-OH is 1. The Balaban J connectivity index is 3.09. The molecule has 13 atom stereocenters. The second-order valence-electron chi connectivity index (χ2n) is 32.8. The van der Waals surface area contributed by atoms with Crippen molar-refractivity contribution in [3.05, 3.63) is 12.2 Å². The number of hydrogen-bond acceptors (Lipinski definition) is 16. The number of nitrogens with one attached hydrogen (secondary N) is 4. The van der Waals surface area contributed by atoms with Crippen molar-refractivity contribution in [3.8, 4) is 0 Å². The van der Waals surface area contributed by atoms with Crippen LogP contribution < -0.4 is 21.3 Å². The van der Waals surface area contributed by atoms with Crippen LogP contribution in [0.2, 0.25) is 0 Å². The number of carbonyl (C=O) groups excluding carboxylic acids is 11. The van der Waals surface area contributed by atoms with Crippen molar-refractivity contribution in [2.24, 2.45) is 40.9 Å². The van der Waals surface area contributed by atoms with Gasteiger partial charge in [-0.2, -0.15) is 11.8 Å². The fraction of sp³-hybridized carbons (Fsp3) is 0.827. The van der Waals surface area contributed by atoms with Gasteiger partial charge in [-0.1, -0.05) is 116 Å². The Bertz CT molecular complexity index is 2800. The second kappa shape index (κ2) is 41.7. The van der Waals surface area contributed by atoms with Crippen LogP contribution in [-0.2, 0) is 52.7 Å². The summed E-state index contributed by atoms with van der Waals surface area (Å²) >= 11 is 1.44. The molecule has 6 N–H and O–H groups in total. The molecule has 0 unspecified atom stereocenters. The molecular formula is C75H137N13O13S. The summed E-state index contributed by atoms with van der Waals surface area (Å²) in [5.41, 5.74) is -1.42. The average Bonchev–Trinajstić information content (AvgIpc) is 0.806. The number of nitrogens with zero attached hydrogens (tertiary/aromatic N) is 9. The second-order valence-corrected chi connectivity index (χ2v) is 34.0. The van der Waals surface area contributed by atoms with Crippen molar-refractivity contribution in [2.75, 3.05) is 100 Å². The normalized spacial score (nSPS) is 26.7. The molecule has 0 aromatic carbocycles. The molecule has 26 nitrogen and oxygen atoms in total. The Labute approximate surface area is 617 Å². The minimum atomic E-state index is -1.66. The molecule has 0 bridgehead atoms. The Morgan fingerprint density at radius 1 is 0.500 bits per heavy atom. The van der Waals surface area contributed by atoms with E-state index in [0.29, 0.717) is 5.75 Å². The van der Waals surface area contributed by atoms with E-state index in [1.165, 1.54) is 118 Å². The number of amides is 11. The summed E-state index contributed by atoms with van der Waals surface area (Å²) in [6.45, 7) is 41.3. The van der Waals surface area contributed by atoms with Crippen LogP contribution in [0.25, 0.3) is 0 Å². The van der Waals surface area contributed by atoms with Crippen LogP contribution in [0.1, 0.15) is 183 Å². The van der Waals surface area contributed by atoms with E-state index in [0.717, 1.165) is 50.6 Å². The van der Waals surface area contributed by atoms with Gasteiger partial charge in [-0.3, -0.25) is 52.7 Å². The maximum absolute atomic E-state index is 15.6. The number of thioether (sulfide) groups is 1. The summed E-state index contributed by atoms with van der Waals surface area (Å²) in [6.07, 6.45) is 3.13. The van der Waals surface area contributed by atoms with Crippen LogP contribution in [0.5, 0.6) is 0 Å². The third-order valence-corrected chi connectivity index (χ3v) is 20.7. The van der Waals surface area contributed by atoms with E-state index in [9.17, 15) is 29.4 Å². The molecule has 2 saturated heterocycles. The highest BCUT2D eigenvalue weighted by molar-refractivity contribution is 7.99. The lowest BCUT2D eigenvalue weighted by Gasteiger charge is -2.41. The summed E-state index contributed by atoms with van der Waals surface area (Å²) in [5, 5.41) is 35.0. The first-order chi connectivity index (χ1) is 47.1. The fourth-order valence-corrected chi connectivity index (χ4v) is 14.5. The highest BCUT2D eigenvalue weighted by Crippen LogP contribution is 2.27. The van der Waals surface area contributed by atoms with Crippen molar-refractivity contribution in [1.82, 2.24) is 65.4 Å². The molecule has 2 aliphatic heterocycles. The molecule has 2 aliphatic rings. The number of carbonyl (C=O) groups is 11. The summed E-state index contributed by atoms with van der Waals surface area (Å²) in [7, 11) is 9.96. The summed E-state index contributed by atoms with van der Waals surface area (Å²) in [5.74, 6) is -9.61. The first-order valence-electron chi connectivity index (χ1n) is 37.2. The molecule has 0 spiro atoms. The van der Waals surface area contributed by atoms with E-state index in [-0.39, 0.29) is 67.4 Å². The Kier molecular flexibility index (Phi) is 37.7. The summed E-state index contributed by atoms with van der Waals surface area (Å²) in [6, 6.07) is -14.4. The molecule has 11 amide bonds. The van der Waals surface area contributed by atoms with Crippen LogP contribution in [-0.4, -0.2) is 298 Å². The monoisotopic (exact) mass is 1460 g/mol. The highest BCUT2D eigenvalue weighted by atomic mass is 32.2. The van der Waals surface area contributed by atoms with Gasteiger partial charge in [-0.05, 0) is 126 Å². The van der Waals surface area contributed by atoms with Gasteiger partial charge in [-0.15, -0.1) is 0 Å². The van der Waals surface area contributed by atoms with Gasteiger partial charge in [0, 0.05) is 94.2 Å². The number of rotatable bonds is 22. The third kappa shape index (κ3) is 27.5. The van der Waals surface area contributed by atoms with Crippen molar-refractivity contribution < 1.29 is 63.0 Å². The summed E-state index contributed by atoms with van der Waals surface area (Å²) < 4.78 is 0. The SMILES string of the molecule is CC=CC[C@@H](C)[C@@H](O)[C@H]1C(=O)N[C@@H](CC)C(=O)N(C)[C@H](CSCCCN2CCN(CC(C)(C)C)CC2)C(=O)N(C)[C@@H](CC(C)(C)O)C(=O)N[C@@H](C(C)C)C(=O)N(C)[C@@H](CC(C)C)C(=O)N[C@@H](C)C(=O)N[C@H](C)C(=O)N(C)[C@@H](CC(C)C)C(=O)N(C)[C@@H](CC(C)C)C(=O)N(C)[C@@H](C(C)C)C(=O)N1C. The number of likely N-dealkylation sites (N-methyl/N-ethyl adjacent to an activating group) is 7. The molecule has 2 heterocycles. The average molecular weight is 1460 g/mol. The topological polar surface area (TPSA) is 306 Å². The van der Waals surface area contributed by atoms with Crippen molar-refractivity contribution >= 4 is 76.7 Å². The van der Waals surface area contributed by atoms with E-state index in [1.54, 1.807) is 47.6 Å². The van der Waals surface area contributed by atoms with Crippen molar-refractivity contribution in [2.45, 2.75) is 262 Å². The number of piperazine rings is 1. The van der Waals surface area contributed by atoms with Crippen molar-refractivity contribution in [1.29, 1.82) is 0 Å². The van der Waals surface area contributed by atoms with E-state index in [2.05, 4.69) is 51.8 Å². The van der Waals surface area contributed by atoms with Gasteiger partial charge < -0.3 is 75.6 Å². The molecule has 0 radical (unpaired) electrons. The van der Waals surface area contributed by atoms with Gasteiger partial charge in [0.25, 0.3) is 0 Å². The van der Waals surface area contributed by atoms with Crippen LogP contribution >= 0.6 is 11.8 Å². The Morgan fingerprint density at radius 2 is 0.941 bits per heavy atom. The maximum Gasteiger partial charge on any atom is 0.246 e. The lowest BCUT2D eigenvalue weighted by atomic mass is 9.91. The quantitative estimate of drug-likeness (QED) is 0.0640. The minimum absolute atomic E-state index is 0.0245. The molecule has 102 heavy (non-hydrogen) atoms. The zero-order valence-electron chi connectivity index (χ0n) is 67.5. The third-order valence-electron chi connectivity index (χ3n) is 19.6. The Hall–Kier alpha value is -5.90. The van der Waals surface area contributed by atoms with Crippen LogP contribution in [0.4, 0.5) is 0 Å². The summed E-state index contributed by atoms with van der Waals surface area (Å²) in [4.78, 5) is 179. The molecule has 27 heteroatoms. The van der Waals surface area contributed by atoms with Crippen LogP contribution in [0.3, 0.4) is 0 Å². The van der Waals surface area contributed by atoms with E-state index >= 15 is 33.6 Å². The van der Waals surface area contributed by atoms with Gasteiger partial charge in [0.2, 0.25) is 65.0 Å². The molecule has 586 valence electrons. The van der Waals surface area contributed by atoms with Crippen molar-refractivity contribution in [3.63, 3.8) is 0 Å². The van der Waals surface area contributed by atoms with Gasteiger partial charge in [0.15, 0.2) is 0 Å². The predicted octanol–water partition coefficient (Wildman–Crippen LogP) is 4.54. The van der Waals surface area contributed by atoms with Gasteiger partial charge in [0.05, 0.1) is 11.7 Å². The minimum Gasteiger partial charge on any atom is -0.390 e. The zero-order valence-corrected chi connectivity index (χ0v) is 68.3. The van der Waals surface area contributed by atoms with E-state index in [1.807, 2.05) is 54.5 Å². The van der Waals surface area contributed by atoms with Crippen LogP contribution in [0, 0.1) is 40.9 Å². The number of allylic oxidation sites excluding steroid dienone is 2. The smallest absolute Gasteiger partial charge is 0.246 e. The molecule has 0 aromatic rings. The van der Waals surface area contributed by atoms with Gasteiger partial charge >= 0.3 is 0 Å². The molecule has 0 saturated carbocycles. The molecule has 0 aliphatic carbocycles.